The zero-order valence-corrected chi connectivity index (χ0v) is 14.0. The molecule has 0 radical (unpaired) electrons. The van der Waals surface area contributed by atoms with Crippen LogP contribution in [0.1, 0.15) is 34.5 Å². The lowest BCUT2D eigenvalue weighted by molar-refractivity contribution is 0.0966. The van der Waals surface area contributed by atoms with Gasteiger partial charge in [0.1, 0.15) is 0 Å². The van der Waals surface area contributed by atoms with Crippen molar-refractivity contribution < 1.29 is 4.79 Å². The average molecular weight is 329 g/mol. The number of hydrogen-bond donors (Lipinski definition) is 2. The van der Waals surface area contributed by atoms with Crippen LogP contribution >= 0.6 is 0 Å². The maximum atomic E-state index is 11.8. The van der Waals surface area contributed by atoms with Crippen LogP contribution in [0.4, 0.5) is 5.69 Å². The molecule has 4 rings (SSSR count). The zero-order valence-electron chi connectivity index (χ0n) is 14.0. The number of nitrogens with one attached hydrogen (secondary N) is 2. The molecule has 1 aliphatic rings. The van der Waals surface area contributed by atoms with Gasteiger partial charge in [0.15, 0.2) is 0 Å². The van der Waals surface area contributed by atoms with Gasteiger partial charge >= 0.3 is 0 Å². The normalized spacial score (nSPS) is 13.9. The second-order valence-electron chi connectivity index (χ2n) is 6.28. The van der Waals surface area contributed by atoms with Crippen LogP contribution in [0.5, 0.6) is 0 Å². The first kappa shape index (κ1) is 15.4. The van der Waals surface area contributed by atoms with Crippen molar-refractivity contribution >= 4 is 11.6 Å². The number of rotatable bonds is 4. The van der Waals surface area contributed by atoms with Crippen LogP contribution in [-0.4, -0.2) is 10.9 Å². The third-order valence-corrected chi connectivity index (χ3v) is 4.58. The molecule has 0 spiro atoms. The number of pyridine rings is 1. The molecule has 1 aromatic heterocycles. The van der Waals surface area contributed by atoms with E-state index in [4.69, 9.17) is 0 Å². The van der Waals surface area contributed by atoms with Gasteiger partial charge in [-0.1, -0.05) is 24.3 Å². The maximum Gasteiger partial charge on any atom is 0.251 e. The van der Waals surface area contributed by atoms with Crippen LogP contribution in [-0.2, 0) is 6.54 Å². The topological polar surface area (TPSA) is 54.0 Å². The first-order valence-corrected chi connectivity index (χ1v) is 8.39. The monoisotopic (exact) mass is 329 g/mol. The SMILES string of the molecule is C[C@@H](Nc1ccc2c(c1)C(=O)NC2)c1cccc(-c2ccncc2)c1. The van der Waals surface area contributed by atoms with Crippen LogP contribution in [0.3, 0.4) is 0 Å². The largest absolute Gasteiger partial charge is 0.379 e. The Morgan fingerprint density at radius 2 is 1.88 bits per heavy atom. The summed E-state index contributed by atoms with van der Waals surface area (Å²) < 4.78 is 0. The van der Waals surface area contributed by atoms with Gasteiger partial charge in [0, 0.05) is 36.2 Å². The van der Waals surface area contributed by atoms with Gasteiger partial charge in [-0.2, -0.15) is 0 Å². The first-order valence-electron chi connectivity index (χ1n) is 8.39. The maximum absolute atomic E-state index is 11.8. The van der Waals surface area contributed by atoms with Crippen LogP contribution in [0, 0.1) is 0 Å². The van der Waals surface area contributed by atoms with Gasteiger partial charge in [-0.3, -0.25) is 9.78 Å². The van der Waals surface area contributed by atoms with E-state index in [1.54, 1.807) is 12.4 Å². The molecule has 1 atom stereocenters. The predicted octanol–water partition coefficient (Wildman–Crippen LogP) is 4.17. The highest BCUT2D eigenvalue weighted by Crippen LogP contribution is 2.26. The van der Waals surface area contributed by atoms with E-state index in [-0.39, 0.29) is 11.9 Å². The van der Waals surface area contributed by atoms with Gasteiger partial charge in [0.05, 0.1) is 0 Å². The number of hydrogen-bond acceptors (Lipinski definition) is 3. The number of aromatic nitrogens is 1. The summed E-state index contributed by atoms with van der Waals surface area (Å²) in [6.07, 6.45) is 3.61. The van der Waals surface area contributed by atoms with Crippen molar-refractivity contribution in [2.24, 2.45) is 0 Å². The standard InChI is InChI=1S/C21H19N3O/c1-14(24-19-6-5-18-13-23-21(25)20(18)12-19)16-3-2-4-17(11-16)15-7-9-22-10-8-15/h2-12,14,24H,13H2,1H3,(H,23,25)/t14-/m1/s1. The summed E-state index contributed by atoms with van der Waals surface area (Å²) in [4.78, 5) is 15.9. The second kappa shape index (κ2) is 6.40. The number of amides is 1. The van der Waals surface area contributed by atoms with Crippen molar-refractivity contribution in [2.45, 2.75) is 19.5 Å². The fourth-order valence-corrected chi connectivity index (χ4v) is 3.17. The van der Waals surface area contributed by atoms with Crippen LogP contribution in [0.15, 0.2) is 67.0 Å². The van der Waals surface area contributed by atoms with E-state index in [9.17, 15) is 4.79 Å². The summed E-state index contributed by atoms with van der Waals surface area (Å²) in [6, 6.07) is 18.6. The van der Waals surface area contributed by atoms with E-state index in [0.717, 1.165) is 22.4 Å². The molecule has 2 N–H and O–H groups in total. The fourth-order valence-electron chi connectivity index (χ4n) is 3.17. The number of benzene rings is 2. The predicted molar refractivity (Wildman–Crippen MR) is 99.3 cm³/mol. The first-order chi connectivity index (χ1) is 12.2. The van der Waals surface area contributed by atoms with E-state index in [0.29, 0.717) is 6.54 Å². The van der Waals surface area contributed by atoms with Gasteiger partial charge in [0.25, 0.3) is 5.91 Å². The molecule has 3 aromatic rings. The lowest BCUT2D eigenvalue weighted by atomic mass is 10.0. The summed E-state index contributed by atoms with van der Waals surface area (Å²) in [5.74, 6) is 0.00554. The minimum Gasteiger partial charge on any atom is -0.379 e. The molecule has 0 aliphatic carbocycles. The quantitative estimate of drug-likeness (QED) is 0.755. The van der Waals surface area contributed by atoms with Crippen LogP contribution < -0.4 is 10.6 Å². The van der Waals surface area contributed by atoms with E-state index in [2.05, 4.69) is 46.8 Å². The van der Waals surface area contributed by atoms with Gasteiger partial charge in [-0.25, -0.2) is 0 Å². The number of fused-ring (bicyclic) bond motifs is 1. The summed E-state index contributed by atoms with van der Waals surface area (Å²) in [6.45, 7) is 2.75. The lowest BCUT2D eigenvalue weighted by Gasteiger charge is -2.17. The second-order valence-corrected chi connectivity index (χ2v) is 6.28. The van der Waals surface area contributed by atoms with Gasteiger partial charge in [-0.15, -0.1) is 0 Å². The molecule has 0 unspecified atom stereocenters. The van der Waals surface area contributed by atoms with E-state index in [1.807, 2.05) is 30.3 Å². The Balaban J connectivity index is 1.57. The molecule has 2 heterocycles. The Bertz CT molecular complexity index is 921. The molecule has 0 fully saturated rings. The fraction of sp³-hybridized carbons (Fsp3) is 0.143. The van der Waals surface area contributed by atoms with Gasteiger partial charge in [0.2, 0.25) is 0 Å². The molecular formula is C21H19N3O. The molecular weight excluding hydrogens is 310 g/mol. The van der Waals surface area contributed by atoms with Crippen molar-refractivity contribution in [1.29, 1.82) is 0 Å². The molecule has 1 amide bonds. The van der Waals surface area contributed by atoms with Crippen molar-refractivity contribution in [2.75, 3.05) is 5.32 Å². The Labute approximate surface area is 146 Å². The highest BCUT2D eigenvalue weighted by Gasteiger charge is 2.19. The van der Waals surface area contributed by atoms with Gasteiger partial charge < -0.3 is 10.6 Å². The van der Waals surface area contributed by atoms with E-state index in [1.165, 1.54) is 11.1 Å². The summed E-state index contributed by atoms with van der Waals surface area (Å²) >= 11 is 0. The summed E-state index contributed by atoms with van der Waals surface area (Å²) in [5, 5.41) is 6.35. The Morgan fingerprint density at radius 3 is 2.72 bits per heavy atom. The van der Waals surface area contributed by atoms with Crippen LogP contribution in [0.2, 0.25) is 0 Å². The Kier molecular flexibility index (Phi) is 3.94. The number of nitrogens with zero attached hydrogens (tertiary/aromatic N) is 1. The molecule has 0 saturated carbocycles. The highest BCUT2D eigenvalue weighted by atomic mass is 16.1. The van der Waals surface area contributed by atoms with Crippen molar-refractivity contribution in [3.05, 3.63) is 83.7 Å². The third kappa shape index (κ3) is 3.11. The van der Waals surface area contributed by atoms with Crippen molar-refractivity contribution in [3.63, 3.8) is 0 Å². The highest BCUT2D eigenvalue weighted by molar-refractivity contribution is 5.99. The Hall–Kier alpha value is -3.14. The lowest BCUT2D eigenvalue weighted by Crippen LogP contribution is -2.12. The number of anilines is 1. The molecule has 2 aromatic carbocycles. The minimum absolute atomic E-state index is 0.00554. The van der Waals surface area contributed by atoms with E-state index >= 15 is 0 Å². The van der Waals surface area contributed by atoms with Crippen LogP contribution in [0.25, 0.3) is 11.1 Å². The molecule has 124 valence electrons. The number of carbonyl (C=O) groups excluding carboxylic acids is 1. The van der Waals surface area contributed by atoms with E-state index < -0.39 is 0 Å². The van der Waals surface area contributed by atoms with Gasteiger partial charge in [-0.05, 0) is 59.5 Å². The summed E-state index contributed by atoms with van der Waals surface area (Å²) in [5.41, 5.74) is 6.29. The third-order valence-electron chi connectivity index (χ3n) is 4.58. The molecule has 4 nitrogen and oxygen atoms in total. The zero-order chi connectivity index (χ0) is 17.2. The average Bonchev–Trinajstić information content (AvgIpc) is 3.03. The minimum atomic E-state index is 0.00554. The molecule has 1 aliphatic heterocycles. The number of carbonyl (C=O) groups is 1. The molecule has 4 heteroatoms. The van der Waals surface area contributed by atoms with Crippen molar-refractivity contribution in [1.82, 2.24) is 10.3 Å². The Morgan fingerprint density at radius 1 is 1.04 bits per heavy atom. The summed E-state index contributed by atoms with van der Waals surface area (Å²) in [7, 11) is 0. The molecule has 0 bridgehead atoms. The molecule has 25 heavy (non-hydrogen) atoms. The smallest absolute Gasteiger partial charge is 0.251 e. The molecule has 0 saturated heterocycles. The van der Waals surface area contributed by atoms with Crippen molar-refractivity contribution in [3.8, 4) is 11.1 Å².